The van der Waals surface area contributed by atoms with E-state index in [9.17, 15) is 10.3 Å². The van der Waals surface area contributed by atoms with Gasteiger partial charge in [-0.05, 0) is 22.6 Å². The summed E-state index contributed by atoms with van der Waals surface area (Å²) in [5.74, 6) is 0. The van der Waals surface area contributed by atoms with Crippen LogP contribution in [0.4, 0.5) is 0 Å². The topological polar surface area (TPSA) is 52.8 Å². The highest BCUT2D eigenvalue weighted by Gasteiger charge is 2.20. The van der Waals surface area contributed by atoms with E-state index in [-0.39, 0.29) is 11.1 Å². The Balaban J connectivity index is 2.39. The Morgan fingerprint density at radius 3 is 2.24 bits per heavy atom. The van der Waals surface area contributed by atoms with E-state index < -0.39 is 6.10 Å². The summed E-state index contributed by atoms with van der Waals surface area (Å²) in [6.07, 6.45) is -0.952. The third-order valence-electron chi connectivity index (χ3n) is 3.51. The summed E-state index contributed by atoms with van der Waals surface area (Å²) in [6, 6.07) is 16.9. The highest BCUT2D eigenvalue weighted by molar-refractivity contribution is 6.03. The predicted octanol–water partition coefficient (Wildman–Crippen LogP) is 3.90. The molecule has 0 aliphatic heterocycles. The third-order valence-corrected chi connectivity index (χ3v) is 3.51. The van der Waals surface area contributed by atoms with Crippen LogP contribution < -0.4 is 0 Å². The van der Waals surface area contributed by atoms with E-state index in [4.69, 9.17) is 0 Å². The lowest BCUT2D eigenvalue weighted by Gasteiger charge is -2.21. The molecule has 3 heteroatoms. The number of benzene rings is 2. The second kappa shape index (κ2) is 6.10. The maximum absolute atomic E-state index is 10.4. The van der Waals surface area contributed by atoms with E-state index in [1.54, 1.807) is 0 Å². The summed E-state index contributed by atoms with van der Waals surface area (Å²) in [7, 11) is 0. The molecular formula is C18H21NO2. The standard InChI is InChI=1S/C18H21NO2/c1-18(2,3)15-11-7-10-14(12-15)16(19-21)17(20)13-8-5-4-6-9-13/h4-12,17,20-21H,1-3H3. The van der Waals surface area contributed by atoms with Gasteiger partial charge in [-0.1, -0.05) is 74.5 Å². The SMILES string of the molecule is CC(C)(C)c1cccc(C(=NO)C(O)c2ccccc2)c1. The minimum atomic E-state index is -0.952. The fraction of sp³-hybridized carbons (Fsp3) is 0.278. The van der Waals surface area contributed by atoms with Gasteiger partial charge >= 0.3 is 0 Å². The zero-order valence-corrected chi connectivity index (χ0v) is 12.6. The van der Waals surface area contributed by atoms with Crippen molar-refractivity contribution in [3.8, 4) is 0 Å². The molecule has 0 amide bonds. The highest BCUT2D eigenvalue weighted by atomic mass is 16.4. The van der Waals surface area contributed by atoms with E-state index in [0.29, 0.717) is 5.56 Å². The van der Waals surface area contributed by atoms with Gasteiger partial charge in [0, 0.05) is 5.56 Å². The van der Waals surface area contributed by atoms with Gasteiger partial charge in [-0.25, -0.2) is 0 Å². The summed E-state index contributed by atoms with van der Waals surface area (Å²) in [5, 5.41) is 23.1. The van der Waals surface area contributed by atoms with Crippen molar-refractivity contribution in [2.24, 2.45) is 5.16 Å². The van der Waals surface area contributed by atoms with Gasteiger partial charge in [-0.2, -0.15) is 0 Å². The minimum absolute atomic E-state index is 0.00568. The first-order valence-corrected chi connectivity index (χ1v) is 6.99. The largest absolute Gasteiger partial charge is 0.411 e. The molecule has 0 saturated carbocycles. The highest BCUT2D eigenvalue weighted by Crippen LogP contribution is 2.25. The van der Waals surface area contributed by atoms with E-state index in [1.807, 2.05) is 54.6 Å². The van der Waals surface area contributed by atoms with Gasteiger partial charge in [-0.15, -0.1) is 0 Å². The second-order valence-corrected chi connectivity index (χ2v) is 6.13. The molecule has 0 heterocycles. The van der Waals surface area contributed by atoms with Crippen LogP contribution in [0.1, 0.15) is 43.6 Å². The van der Waals surface area contributed by atoms with Gasteiger partial charge in [0.1, 0.15) is 11.8 Å². The van der Waals surface area contributed by atoms with Crippen molar-refractivity contribution in [2.45, 2.75) is 32.3 Å². The van der Waals surface area contributed by atoms with E-state index >= 15 is 0 Å². The first kappa shape index (κ1) is 15.3. The molecule has 0 aliphatic carbocycles. The maximum atomic E-state index is 10.4. The molecular weight excluding hydrogens is 262 g/mol. The summed E-state index contributed by atoms with van der Waals surface area (Å²) >= 11 is 0. The van der Waals surface area contributed by atoms with Crippen LogP contribution in [-0.2, 0) is 5.41 Å². The quantitative estimate of drug-likeness (QED) is 0.510. The van der Waals surface area contributed by atoms with E-state index in [2.05, 4.69) is 25.9 Å². The average Bonchev–Trinajstić information content (AvgIpc) is 2.48. The fourth-order valence-corrected chi connectivity index (χ4v) is 2.21. The van der Waals surface area contributed by atoms with Crippen LogP contribution in [0.15, 0.2) is 59.8 Å². The monoisotopic (exact) mass is 283 g/mol. The molecule has 2 N–H and O–H groups in total. The lowest BCUT2D eigenvalue weighted by Crippen LogP contribution is -2.16. The first-order chi connectivity index (χ1) is 9.93. The van der Waals surface area contributed by atoms with Gasteiger partial charge in [0.2, 0.25) is 0 Å². The average molecular weight is 283 g/mol. The van der Waals surface area contributed by atoms with Crippen LogP contribution >= 0.6 is 0 Å². The molecule has 0 saturated heterocycles. The molecule has 0 fully saturated rings. The zero-order valence-electron chi connectivity index (χ0n) is 12.6. The molecule has 3 nitrogen and oxygen atoms in total. The van der Waals surface area contributed by atoms with Crippen LogP contribution in [0, 0.1) is 0 Å². The van der Waals surface area contributed by atoms with Crippen molar-refractivity contribution in [3.05, 3.63) is 71.3 Å². The molecule has 0 bridgehead atoms. The summed E-state index contributed by atoms with van der Waals surface area (Å²) in [6.45, 7) is 6.36. The molecule has 2 aromatic carbocycles. The van der Waals surface area contributed by atoms with Crippen molar-refractivity contribution in [1.82, 2.24) is 0 Å². The smallest absolute Gasteiger partial charge is 0.125 e. The van der Waals surface area contributed by atoms with Crippen molar-refractivity contribution in [1.29, 1.82) is 0 Å². The Kier molecular flexibility index (Phi) is 4.43. The summed E-state index contributed by atoms with van der Waals surface area (Å²) in [4.78, 5) is 0. The molecule has 0 spiro atoms. The van der Waals surface area contributed by atoms with Crippen molar-refractivity contribution < 1.29 is 10.3 Å². The predicted molar refractivity (Wildman–Crippen MR) is 84.9 cm³/mol. The van der Waals surface area contributed by atoms with Gasteiger partial charge in [-0.3, -0.25) is 0 Å². The molecule has 21 heavy (non-hydrogen) atoms. The molecule has 1 atom stereocenters. The molecule has 0 radical (unpaired) electrons. The molecule has 2 rings (SSSR count). The summed E-state index contributed by atoms with van der Waals surface area (Å²) in [5.41, 5.74) is 2.80. The van der Waals surface area contributed by atoms with Crippen LogP contribution in [0.2, 0.25) is 0 Å². The van der Waals surface area contributed by atoms with Gasteiger partial charge in [0.15, 0.2) is 0 Å². The van der Waals surface area contributed by atoms with Crippen molar-refractivity contribution in [2.75, 3.05) is 0 Å². The number of nitrogens with zero attached hydrogens (tertiary/aromatic N) is 1. The minimum Gasteiger partial charge on any atom is -0.411 e. The fourth-order valence-electron chi connectivity index (χ4n) is 2.21. The lowest BCUT2D eigenvalue weighted by atomic mass is 9.85. The van der Waals surface area contributed by atoms with Gasteiger partial charge in [0.05, 0.1) is 0 Å². The second-order valence-electron chi connectivity index (χ2n) is 6.13. The lowest BCUT2D eigenvalue weighted by molar-refractivity contribution is 0.235. The number of hydrogen-bond donors (Lipinski definition) is 2. The number of rotatable bonds is 3. The number of oxime groups is 1. The van der Waals surface area contributed by atoms with E-state index in [0.717, 1.165) is 11.1 Å². The van der Waals surface area contributed by atoms with Crippen molar-refractivity contribution in [3.63, 3.8) is 0 Å². The number of aliphatic hydroxyl groups is 1. The van der Waals surface area contributed by atoms with E-state index in [1.165, 1.54) is 0 Å². The third kappa shape index (κ3) is 3.50. The molecule has 1 unspecified atom stereocenters. The molecule has 0 aromatic heterocycles. The molecule has 2 aromatic rings. The Morgan fingerprint density at radius 2 is 1.67 bits per heavy atom. The Labute approximate surface area is 125 Å². The Bertz CT molecular complexity index is 627. The van der Waals surface area contributed by atoms with Gasteiger partial charge < -0.3 is 10.3 Å². The van der Waals surface area contributed by atoms with Crippen LogP contribution in [0.25, 0.3) is 0 Å². The van der Waals surface area contributed by atoms with Crippen LogP contribution in [0.3, 0.4) is 0 Å². The maximum Gasteiger partial charge on any atom is 0.125 e. The van der Waals surface area contributed by atoms with Crippen LogP contribution in [-0.4, -0.2) is 16.0 Å². The van der Waals surface area contributed by atoms with Crippen LogP contribution in [0.5, 0.6) is 0 Å². The Hall–Kier alpha value is -2.13. The first-order valence-electron chi connectivity index (χ1n) is 6.99. The number of hydrogen-bond acceptors (Lipinski definition) is 3. The van der Waals surface area contributed by atoms with Gasteiger partial charge in [0.25, 0.3) is 0 Å². The Morgan fingerprint density at radius 1 is 1.00 bits per heavy atom. The van der Waals surface area contributed by atoms with Crippen molar-refractivity contribution >= 4 is 5.71 Å². The normalized spacial score (nSPS) is 14.0. The molecule has 110 valence electrons. The number of aliphatic hydroxyl groups excluding tert-OH is 1. The summed E-state index contributed by atoms with van der Waals surface area (Å²) < 4.78 is 0. The zero-order chi connectivity index (χ0) is 15.5. The molecule has 0 aliphatic rings.